The average molecular weight is 602 g/mol. The van der Waals surface area contributed by atoms with Crippen molar-refractivity contribution in [1.82, 2.24) is 4.90 Å². The Bertz CT molecular complexity index is 1380. The van der Waals surface area contributed by atoms with Crippen molar-refractivity contribution >= 4 is 23.9 Å². The number of hydrogen-bond acceptors (Lipinski definition) is 12. The Morgan fingerprint density at radius 1 is 1.16 bits per heavy atom. The molecule has 1 spiro atoms. The molecule has 43 heavy (non-hydrogen) atoms. The minimum atomic E-state index is -1.54. The standard InChI is InChI=1S/C31H39NO11/c1-16(39-23(34)15-21(40-17(2)33)28(36)43-29(3,4)5)27(35)41-20-10-11-31(37)22-14-18-8-9-19(38-7)25-24(18)30(31,26(20)42-25)12-13-32(22)6/h8-10,16,21-22,26,37H,11-15H2,1-7H3/t16-,21-,22+,26-,30-,31+/m0/s1. The highest BCUT2D eigenvalue weighted by Crippen LogP contribution is 2.65. The number of rotatable bonds is 8. The number of benzene rings is 1. The summed E-state index contributed by atoms with van der Waals surface area (Å²) in [6.45, 7) is 8.05. The van der Waals surface area contributed by atoms with Crippen LogP contribution in [0.15, 0.2) is 24.0 Å². The fraction of sp³-hybridized carbons (Fsp3) is 0.613. The topological polar surface area (TPSA) is 147 Å². The van der Waals surface area contributed by atoms with Gasteiger partial charge in [-0.2, -0.15) is 0 Å². The van der Waals surface area contributed by atoms with Gasteiger partial charge >= 0.3 is 23.9 Å². The van der Waals surface area contributed by atoms with E-state index in [1.165, 1.54) is 6.92 Å². The van der Waals surface area contributed by atoms with E-state index in [-0.39, 0.29) is 18.2 Å². The minimum absolute atomic E-state index is 0.164. The summed E-state index contributed by atoms with van der Waals surface area (Å²) in [6.07, 6.45) is -1.25. The van der Waals surface area contributed by atoms with Crippen LogP contribution in [0.3, 0.4) is 0 Å². The summed E-state index contributed by atoms with van der Waals surface area (Å²) >= 11 is 0. The van der Waals surface area contributed by atoms with Gasteiger partial charge in [0.2, 0.25) is 6.10 Å². The predicted octanol–water partition coefficient (Wildman–Crippen LogP) is 2.11. The van der Waals surface area contributed by atoms with Gasteiger partial charge in [-0.05, 0) is 71.8 Å². The van der Waals surface area contributed by atoms with Gasteiger partial charge in [0, 0.05) is 24.9 Å². The highest BCUT2D eigenvalue weighted by molar-refractivity contribution is 5.86. The number of aliphatic hydroxyl groups is 1. The summed E-state index contributed by atoms with van der Waals surface area (Å²) in [7, 11) is 3.55. The van der Waals surface area contributed by atoms with Gasteiger partial charge in [-0.3, -0.25) is 9.59 Å². The summed E-state index contributed by atoms with van der Waals surface area (Å²) < 4.78 is 33.4. The molecule has 12 nitrogen and oxygen atoms in total. The van der Waals surface area contributed by atoms with E-state index in [2.05, 4.69) is 4.90 Å². The van der Waals surface area contributed by atoms with Crippen LogP contribution in [-0.2, 0) is 50.0 Å². The Labute approximate surface area is 250 Å². The molecular formula is C31H39NO11. The molecule has 2 aliphatic carbocycles. The number of hydrogen-bond donors (Lipinski definition) is 1. The Morgan fingerprint density at radius 2 is 1.88 bits per heavy atom. The van der Waals surface area contributed by atoms with Gasteiger partial charge in [0.25, 0.3) is 0 Å². The molecule has 0 aromatic heterocycles. The molecule has 1 aromatic rings. The first kappa shape index (κ1) is 30.8. The lowest BCUT2D eigenvalue weighted by atomic mass is 9.50. The summed E-state index contributed by atoms with van der Waals surface area (Å²) in [5.41, 5.74) is -0.965. The lowest BCUT2D eigenvalue weighted by Gasteiger charge is -2.61. The van der Waals surface area contributed by atoms with Crippen molar-refractivity contribution in [3.8, 4) is 11.5 Å². The molecule has 2 heterocycles. The maximum Gasteiger partial charge on any atom is 0.352 e. The summed E-state index contributed by atoms with van der Waals surface area (Å²) in [6, 6.07) is 3.69. The molecule has 0 amide bonds. The van der Waals surface area contributed by atoms with Crippen LogP contribution in [-0.4, -0.2) is 90.1 Å². The van der Waals surface area contributed by atoms with Crippen molar-refractivity contribution in [3.63, 3.8) is 0 Å². The van der Waals surface area contributed by atoms with Gasteiger partial charge in [-0.25, -0.2) is 9.59 Å². The van der Waals surface area contributed by atoms with E-state index in [0.717, 1.165) is 18.1 Å². The molecule has 1 N–H and O–H groups in total. The molecule has 234 valence electrons. The van der Waals surface area contributed by atoms with Crippen molar-refractivity contribution in [3.05, 3.63) is 35.1 Å². The maximum absolute atomic E-state index is 13.2. The van der Waals surface area contributed by atoms with E-state index < -0.39 is 65.2 Å². The molecule has 2 aliphatic heterocycles. The van der Waals surface area contributed by atoms with E-state index in [4.69, 9.17) is 28.4 Å². The van der Waals surface area contributed by atoms with Crippen LogP contribution in [0.4, 0.5) is 0 Å². The monoisotopic (exact) mass is 601 g/mol. The number of nitrogens with zero attached hydrogens (tertiary/aromatic N) is 1. The van der Waals surface area contributed by atoms with Gasteiger partial charge < -0.3 is 38.4 Å². The summed E-state index contributed by atoms with van der Waals surface area (Å²) in [4.78, 5) is 52.1. The molecular weight excluding hydrogens is 562 g/mol. The average Bonchev–Trinajstić information content (AvgIpc) is 3.26. The van der Waals surface area contributed by atoms with E-state index in [1.54, 1.807) is 34.0 Å². The normalized spacial score (nSPS) is 28.3. The third-order valence-corrected chi connectivity index (χ3v) is 8.75. The SMILES string of the molecule is COc1ccc2c3c1O[C@H]1C(OC(=O)[C@H](C)OC(=O)C[C@H](OC(C)=O)C(=O)OC(C)(C)C)=CC[C@@]4(O)[C@@H](C2)N(C)CC[C@]314. The number of likely N-dealkylation sites (N-methyl/N-ethyl adjacent to an activating group) is 1. The van der Waals surface area contributed by atoms with Gasteiger partial charge in [-0.15, -0.1) is 0 Å². The molecule has 6 atom stereocenters. The Kier molecular flexibility index (Phi) is 7.75. The molecule has 12 heteroatoms. The summed E-state index contributed by atoms with van der Waals surface area (Å²) in [5, 5.41) is 12.3. The van der Waals surface area contributed by atoms with Crippen LogP contribution in [0, 0.1) is 0 Å². The Morgan fingerprint density at radius 3 is 2.53 bits per heavy atom. The van der Waals surface area contributed by atoms with E-state index in [9.17, 15) is 24.3 Å². The van der Waals surface area contributed by atoms with Crippen molar-refractivity contribution in [2.75, 3.05) is 20.7 Å². The third kappa shape index (κ3) is 5.14. The first-order valence-corrected chi connectivity index (χ1v) is 14.4. The molecule has 0 unspecified atom stereocenters. The lowest BCUT2D eigenvalue weighted by Crippen LogP contribution is -2.74. The quantitative estimate of drug-likeness (QED) is 0.344. The fourth-order valence-electron chi connectivity index (χ4n) is 6.97. The van der Waals surface area contributed by atoms with Crippen LogP contribution in [0.5, 0.6) is 11.5 Å². The molecule has 1 saturated heterocycles. The highest BCUT2D eigenvalue weighted by atomic mass is 16.6. The zero-order valence-electron chi connectivity index (χ0n) is 25.6. The van der Waals surface area contributed by atoms with Crippen molar-refractivity contribution in [1.29, 1.82) is 0 Å². The van der Waals surface area contributed by atoms with Crippen LogP contribution >= 0.6 is 0 Å². The maximum atomic E-state index is 13.2. The second-order valence-electron chi connectivity index (χ2n) is 12.7. The molecule has 0 saturated carbocycles. The molecule has 4 aliphatic rings. The fourth-order valence-corrected chi connectivity index (χ4v) is 6.97. The lowest BCUT2D eigenvalue weighted by molar-refractivity contribution is -0.181. The number of ether oxygens (including phenoxy) is 6. The molecule has 5 rings (SSSR count). The third-order valence-electron chi connectivity index (χ3n) is 8.75. The van der Waals surface area contributed by atoms with Crippen molar-refractivity contribution in [2.24, 2.45) is 0 Å². The van der Waals surface area contributed by atoms with Gasteiger partial charge in [0.05, 0.1) is 24.5 Å². The van der Waals surface area contributed by atoms with Crippen LogP contribution in [0.2, 0.25) is 0 Å². The van der Waals surface area contributed by atoms with Gasteiger partial charge in [-0.1, -0.05) is 6.07 Å². The van der Waals surface area contributed by atoms with Crippen LogP contribution < -0.4 is 9.47 Å². The van der Waals surface area contributed by atoms with E-state index in [1.807, 2.05) is 19.2 Å². The predicted molar refractivity (Wildman–Crippen MR) is 149 cm³/mol. The molecule has 2 bridgehead atoms. The zero-order valence-corrected chi connectivity index (χ0v) is 25.6. The first-order chi connectivity index (χ1) is 20.1. The Balaban J connectivity index is 1.34. The second-order valence-corrected chi connectivity index (χ2v) is 12.7. The van der Waals surface area contributed by atoms with Crippen LogP contribution in [0.1, 0.15) is 65.0 Å². The molecule has 1 aromatic carbocycles. The van der Waals surface area contributed by atoms with Crippen molar-refractivity contribution < 1.29 is 52.7 Å². The second kappa shape index (κ2) is 10.8. The minimum Gasteiger partial charge on any atom is -0.493 e. The number of carbonyl (C=O) groups excluding carboxylic acids is 4. The Hall–Kier alpha value is -3.64. The highest BCUT2D eigenvalue weighted by Gasteiger charge is 2.72. The number of likely N-dealkylation sites (tertiary alicyclic amines) is 1. The number of methoxy groups -OCH3 is 1. The van der Waals surface area contributed by atoms with Gasteiger partial charge in [0.1, 0.15) is 11.4 Å². The number of esters is 4. The number of carbonyl (C=O) groups is 4. The first-order valence-electron chi connectivity index (χ1n) is 14.4. The zero-order chi connectivity index (χ0) is 31.5. The van der Waals surface area contributed by atoms with E-state index >= 15 is 0 Å². The van der Waals surface area contributed by atoms with Crippen LogP contribution in [0.25, 0.3) is 0 Å². The van der Waals surface area contributed by atoms with Gasteiger partial charge in [0.15, 0.2) is 23.7 Å². The molecule has 0 radical (unpaired) electrons. The van der Waals surface area contributed by atoms with E-state index in [0.29, 0.717) is 30.9 Å². The summed E-state index contributed by atoms with van der Waals surface area (Å²) in [5.74, 6) is -2.23. The largest absolute Gasteiger partial charge is 0.493 e. The molecule has 1 fully saturated rings. The van der Waals surface area contributed by atoms with Crippen molar-refractivity contribution in [2.45, 2.75) is 101 Å². The number of piperidine rings is 1. The smallest absolute Gasteiger partial charge is 0.352 e.